The van der Waals surface area contributed by atoms with E-state index in [1.165, 1.54) is 0 Å². The number of aromatic amines is 1. The molecule has 6 nitrogen and oxygen atoms in total. The van der Waals surface area contributed by atoms with E-state index in [1.807, 2.05) is 31.2 Å². The molecule has 0 saturated heterocycles. The van der Waals surface area contributed by atoms with Crippen molar-refractivity contribution in [2.45, 2.75) is 19.8 Å². The third-order valence-electron chi connectivity index (χ3n) is 2.65. The molecule has 1 heterocycles. The van der Waals surface area contributed by atoms with E-state index >= 15 is 0 Å². The van der Waals surface area contributed by atoms with Gasteiger partial charge in [0.15, 0.2) is 0 Å². The molecule has 6 heteroatoms. The molecule has 2 N–H and O–H groups in total. The third kappa shape index (κ3) is 3.45. The largest absolute Gasteiger partial charge is 0.463 e. The molecule has 19 heavy (non-hydrogen) atoms. The number of aromatic nitrogens is 2. The summed E-state index contributed by atoms with van der Waals surface area (Å²) in [6.45, 7) is 2.58. The minimum atomic E-state index is -1.08. The van der Waals surface area contributed by atoms with E-state index in [0.29, 0.717) is 13.0 Å². The zero-order chi connectivity index (χ0) is 13.7. The molecule has 102 valence electrons. The lowest BCUT2D eigenvalue weighted by Gasteiger charge is -2.17. The van der Waals surface area contributed by atoms with Crippen LogP contribution in [0.15, 0.2) is 24.3 Å². The Morgan fingerprint density at radius 1 is 1.47 bits per heavy atom. The van der Waals surface area contributed by atoms with E-state index in [0.717, 1.165) is 28.3 Å². The van der Waals surface area contributed by atoms with Crippen LogP contribution in [0, 0.1) is 0 Å². The average molecular weight is 263 g/mol. The fourth-order valence-corrected chi connectivity index (χ4v) is 1.75. The van der Waals surface area contributed by atoms with Gasteiger partial charge in [0, 0.05) is 6.42 Å². The molecule has 0 unspecified atom stereocenters. The normalized spacial score (nSPS) is 10.8. The number of fused-ring (bicyclic) bond motifs is 1. The van der Waals surface area contributed by atoms with Crippen LogP contribution in [-0.2, 0) is 11.3 Å². The zero-order valence-corrected chi connectivity index (χ0v) is 10.8. The van der Waals surface area contributed by atoms with Gasteiger partial charge in [-0.05, 0) is 18.6 Å². The van der Waals surface area contributed by atoms with Crippen molar-refractivity contribution >= 4 is 17.1 Å². The minimum Gasteiger partial charge on any atom is -0.463 e. The Morgan fingerprint density at radius 2 is 2.26 bits per heavy atom. The highest BCUT2D eigenvalue weighted by atomic mass is 16.7. The molecule has 0 spiro atoms. The predicted octanol–water partition coefficient (Wildman–Crippen LogP) is 2.43. The van der Waals surface area contributed by atoms with Gasteiger partial charge in [0.1, 0.15) is 5.82 Å². The maximum atomic E-state index is 11.0. The van der Waals surface area contributed by atoms with Gasteiger partial charge in [-0.15, -0.1) is 0 Å². The number of carbonyl (C=O) groups is 1. The van der Waals surface area contributed by atoms with E-state index in [2.05, 4.69) is 9.97 Å². The van der Waals surface area contributed by atoms with Crippen LogP contribution in [0.4, 0.5) is 4.79 Å². The number of nitrogens with zero attached hydrogens (tertiary/aromatic N) is 2. The Balaban J connectivity index is 1.97. The molecule has 0 saturated carbocycles. The first-order valence-electron chi connectivity index (χ1n) is 6.27. The second-order valence-corrected chi connectivity index (χ2v) is 4.17. The molecular weight excluding hydrogens is 246 g/mol. The Morgan fingerprint density at radius 3 is 2.95 bits per heavy atom. The topological polar surface area (TPSA) is 78.5 Å². The minimum absolute atomic E-state index is 0.259. The number of benzene rings is 1. The molecule has 0 aliphatic heterocycles. The Labute approximate surface area is 111 Å². The zero-order valence-electron chi connectivity index (χ0n) is 10.8. The molecule has 0 fully saturated rings. The molecule has 1 aromatic carbocycles. The van der Waals surface area contributed by atoms with Gasteiger partial charge >= 0.3 is 6.09 Å². The molecule has 0 aliphatic carbocycles. The lowest BCUT2D eigenvalue weighted by molar-refractivity contribution is -0.130. The van der Waals surface area contributed by atoms with E-state index < -0.39 is 6.09 Å². The van der Waals surface area contributed by atoms with Crippen molar-refractivity contribution in [3.8, 4) is 0 Å². The second-order valence-electron chi connectivity index (χ2n) is 4.17. The van der Waals surface area contributed by atoms with E-state index in [4.69, 9.17) is 9.94 Å². The lowest BCUT2D eigenvalue weighted by atomic mass is 10.3. The molecule has 2 aromatic rings. The average Bonchev–Trinajstić information content (AvgIpc) is 2.81. The monoisotopic (exact) mass is 263 g/mol. The van der Waals surface area contributed by atoms with Crippen molar-refractivity contribution in [3.05, 3.63) is 30.1 Å². The van der Waals surface area contributed by atoms with E-state index in [-0.39, 0.29) is 6.54 Å². The summed E-state index contributed by atoms with van der Waals surface area (Å²) < 4.78 is 0. The van der Waals surface area contributed by atoms with Crippen molar-refractivity contribution in [2.24, 2.45) is 0 Å². The third-order valence-corrected chi connectivity index (χ3v) is 2.65. The van der Waals surface area contributed by atoms with Gasteiger partial charge in [-0.2, -0.15) is 5.06 Å². The standard InChI is InChI=1S/C13H17N3O3/c1-2-9-19-16(13(17)18)8-7-12-14-10-5-3-4-6-11(10)15-12/h3-6H,2,7-9H2,1H3,(H,14,15)(H,17,18). The van der Waals surface area contributed by atoms with E-state index in [1.54, 1.807) is 0 Å². The molecule has 0 atom stereocenters. The summed E-state index contributed by atoms with van der Waals surface area (Å²) in [5.74, 6) is 0.757. The highest BCUT2D eigenvalue weighted by molar-refractivity contribution is 5.74. The number of para-hydroxylation sites is 2. The van der Waals surface area contributed by atoms with Gasteiger partial charge in [-0.25, -0.2) is 9.78 Å². The Kier molecular flexibility index (Phi) is 4.35. The van der Waals surface area contributed by atoms with E-state index in [9.17, 15) is 4.79 Å². The SMILES string of the molecule is CCCON(CCc1nc2ccccc2[nH]1)C(=O)O. The number of hydrogen-bond donors (Lipinski definition) is 2. The Bertz CT molecular complexity index is 520. The number of amides is 1. The lowest BCUT2D eigenvalue weighted by Crippen LogP contribution is -2.32. The fraction of sp³-hybridized carbons (Fsp3) is 0.385. The van der Waals surface area contributed by atoms with Crippen LogP contribution in [0.1, 0.15) is 19.2 Å². The maximum Gasteiger partial charge on any atom is 0.431 e. The quantitative estimate of drug-likeness (QED) is 0.784. The summed E-state index contributed by atoms with van der Waals surface area (Å²) in [5, 5.41) is 9.94. The molecule has 1 amide bonds. The van der Waals surface area contributed by atoms with Crippen LogP contribution in [-0.4, -0.2) is 39.4 Å². The van der Waals surface area contributed by atoms with Gasteiger partial charge in [-0.3, -0.25) is 4.84 Å². The molecule has 2 rings (SSSR count). The van der Waals surface area contributed by atoms with Crippen LogP contribution in [0.25, 0.3) is 11.0 Å². The molecule has 1 aromatic heterocycles. The number of hydrogen-bond acceptors (Lipinski definition) is 3. The predicted molar refractivity (Wildman–Crippen MR) is 70.8 cm³/mol. The maximum absolute atomic E-state index is 11.0. The number of rotatable bonds is 6. The summed E-state index contributed by atoms with van der Waals surface area (Å²) in [7, 11) is 0. The van der Waals surface area contributed by atoms with Crippen molar-refractivity contribution in [2.75, 3.05) is 13.2 Å². The second kappa shape index (κ2) is 6.19. The number of carboxylic acid groups (broad SMARTS) is 1. The van der Waals surface area contributed by atoms with Crippen LogP contribution in [0.2, 0.25) is 0 Å². The number of hydroxylamine groups is 2. The first-order valence-corrected chi connectivity index (χ1v) is 6.27. The highest BCUT2D eigenvalue weighted by Gasteiger charge is 2.13. The summed E-state index contributed by atoms with van der Waals surface area (Å²) in [6.07, 6.45) is 0.184. The fourth-order valence-electron chi connectivity index (χ4n) is 1.75. The highest BCUT2D eigenvalue weighted by Crippen LogP contribution is 2.11. The van der Waals surface area contributed by atoms with Gasteiger partial charge in [-0.1, -0.05) is 19.1 Å². The first kappa shape index (κ1) is 13.4. The molecule has 0 aliphatic rings. The summed E-state index contributed by atoms with van der Waals surface area (Å²) in [5.41, 5.74) is 1.84. The van der Waals surface area contributed by atoms with Crippen LogP contribution in [0.5, 0.6) is 0 Å². The van der Waals surface area contributed by atoms with Crippen LogP contribution < -0.4 is 0 Å². The van der Waals surface area contributed by atoms with Gasteiger partial charge in [0.05, 0.1) is 24.2 Å². The van der Waals surface area contributed by atoms with Gasteiger partial charge in [0.2, 0.25) is 0 Å². The number of nitrogens with one attached hydrogen (secondary N) is 1. The molecule has 0 radical (unpaired) electrons. The van der Waals surface area contributed by atoms with Crippen LogP contribution >= 0.6 is 0 Å². The van der Waals surface area contributed by atoms with Crippen molar-refractivity contribution in [1.29, 1.82) is 0 Å². The summed E-state index contributed by atoms with van der Waals surface area (Å²) >= 11 is 0. The summed E-state index contributed by atoms with van der Waals surface area (Å²) in [4.78, 5) is 23.7. The Hall–Kier alpha value is -2.08. The molecular formula is C13H17N3O3. The van der Waals surface area contributed by atoms with Crippen molar-refractivity contribution < 1.29 is 14.7 Å². The molecule has 0 bridgehead atoms. The van der Waals surface area contributed by atoms with Crippen molar-refractivity contribution in [3.63, 3.8) is 0 Å². The van der Waals surface area contributed by atoms with Gasteiger partial charge < -0.3 is 10.1 Å². The smallest absolute Gasteiger partial charge is 0.431 e. The van der Waals surface area contributed by atoms with Crippen molar-refractivity contribution in [1.82, 2.24) is 15.0 Å². The van der Waals surface area contributed by atoms with Crippen LogP contribution in [0.3, 0.4) is 0 Å². The summed E-state index contributed by atoms with van der Waals surface area (Å²) in [6, 6.07) is 7.70. The number of H-pyrrole nitrogens is 1. The number of imidazole rings is 1. The van der Waals surface area contributed by atoms with Gasteiger partial charge in [0.25, 0.3) is 0 Å². The first-order chi connectivity index (χ1) is 9.20.